The highest BCUT2D eigenvalue weighted by molar-refractivity contribution is 7.89. The Labute approximate surface area is 230 Å². The summed E-state index contributed by atoms with van der Waals surface area (Å²) in [5, 5.41) is 2.19. The number of nitrogens with zero attached hydrogens (tertiary/aromatic N) is 4. The Balaban J connectivity index is 1.39. The van der Waals surface area contributed by atoms with Crippen molar-refractivity contribution >= 4 is 54.3 Å². The topological polar surface area (TPSA) is 101 Å². The van der Waals surface area contributed by atoms with Crippen LogP contribution in [0.5, 0.6) is 0 Å². The summed E-state index contributed by atoms with van der Waals surface area (Å²) in [4.78, 5) is 31.6. The molecular formula is C28H28N4O5S2. The standard InChI is InChI=1S/C28H28N4O5S2/c1-3-15-32-24-14-11-20-7-5-6-8-23(20)25(24)38-27(32)29-26(33)21-9-12-22(13-10-21)39(35,36)31-18-16-30(17-19-31)28(34)37-4-2/h3,5-14H,1,4,15-19H2,2H3. The molecule has 1 aliphatic rings. The van der Waals surface area contributed by atoms with Crippen molar-refractivity contribution in [2.75, 3.05) is 32.8 Å². The lowest BCUT2D eigenvalue weighted by molar-refractivity contribution is 0.0933. The maximum atomic E-state index is 13.2. The number of aromatic nitrogens is 1. The summed E-state index contributed by atoms with van der Waals surface area (Å²) in [7, 11) is -3.78. The number of fused-ring (bicyclic) bond motifs is 3. The van der Waals surface area contributed by atoms with Gasteiger partial charge in [0.2, 0.25) is 10.0 Å². The van der Waals surface area contributed by atoms with Gasteiger partial charge in [-0.05, 0) is 42.6 Å². The van der Waals surface area contributed by atoms with Gasteiger partial charge in [0.15, 0.2) is 4.80 Å². The quantitative estimate of drug-likeness (QED) is 0.326. The zero-order chi connectivity index (χ0) is 27.6. The second-order valence-electron chi connectivity index (χ2n) is 8.95. The van der Waals surface area contributed by atoms with Crippen molar-refractivity contribution in [2.24, 2.45) is 4.99 Å². The third-order valence-corrected chi connectivity index (χ3v) is 9.63. The molecule has 1 aromatic heterocycles. The molecule has 1 fully saturated rings. The molecule has 5 rings (SSSR count). The minimum absolute atomic E-state index is 0.0821. The lowest BCUT2D eigenvalue weighted by atomic mass is 10.1. The highest BCUT2D eigenvalue weighted by Crippen LogP contribution is 2.28. The summed E-state index contributed by atoms with van der Waals surface area (Å²) in [6.45, 7) is 7.17. The Morgan fingerprint density at radius 2 is 1.74 bits per heavy atom. The first-order chi connectivity index (χ1) is 18.8. The van der Waals surface area contributed by atoms with Crippen molar-refractivity contribution in [1.29, 1.82) is 0 Å². The van der Waals surface area contributed by atoms with Crippen LogP contribution in [0.1, 0.15) is 17.3 Å². The van der Waals surface area contributed by atoms with E-state index in [2.05, 4.69) is 11.6 Å². The minimum Gasteiger partial charge on any atom is -0.450 e. The van der Waals surface area contributed by atoms with E-state index >= 15 is 0 Å². The van der Waals surface area contributed by atoms with E-state index < -0.39 is 22.0 Å². The Morgan fingerprint density at radius 1 is 1.03 bits per heavy atom. The van der Waals surface area contributed by atoms with Crippen LogP contribution in [-0.4, -0.2) is 67.0 Å². The summed E-state index contributed by atoms with van der Waals surface area (Å²) in [5.74, 6) is -0.462. The van der Waals surface area contributed by atoms with Crippen LogP contribution in [0.25, 0.3) is 21.0 Å². The smallest absolute Gasteiger partial charge is 0.409 e. The normalized spacial score (nSPS) is 15.1. The van der Waals surface area contributed by atoms with E-state index in [9.17, 15) is 18.0 Å². The molecule has 9 nitrogen and oxygen atoms in total. The van der Waals surface area contributed by atoms with Crippen LogP contribution in [0.2, 0.25) is 0 Å². The van der Waals surface area contributed by atoms with Crippen LogP contribution in [0.15, 0.2) is 83.2 Å². The van der Waals surface area contributed by atoms with E-state index in [1.165, 1.54) is 44.8 Å². The van der Waals surface area contributed by atoms with Gasteiger partial charge in [0.25, 0.3) is 5.91 Å². The SMILES string of the molecule is C=CCn1c(=NC(=O)c2ccc(S(=O)(=O)N3CCN(C(=O)OCC)CC3)cc2)sc2c3ccccc3ccc21. The molecule has 0 radical (unpaired) electrons. The Kier molecular flexibility index (Phi) is 7.65. The molecule has 0 bridgehead atoms. The summed E-state index contributed by atoms with van der Waals surface area (Å²) in [6, 6.07) is 17.9. The fourth-order valence-corrected chi connectivity index (χ4v) is 7.18. The van der Waals surface area contributed by atoms with Gasteiger partial charge in [-0.25, -0.2) is 13.2 Å². The fraction of sp³-hybridized carbons (Fsp3) is 0.250. The Bertz CT molecular complexity index is 1730. The number of benzene rings is 3. The van der Waals surface area contributed by atoms with Gasteiger partial charge < -0.3 is 14.2 Å². The maximum absolute atomic E-state index is 13.2. The van der Waals surface area contributed by atoms with Crippen LogP contribution < -0.4 is 4.80 Å². The second-order valence-corrected chi connectivity index (χ2v) is 11.9. The van der Waals surface area contributed by atoms with Crippen LogP contribution in [0.3, 0.4) is 0 Å². The first kappa shape index (κ1) is 26.8. The first-order valence-electron chi connectivity index (χ1n) is 12.6. The molecule has 0 saturated carbocycles. The van der Waals surface area contributed by atoms with Gasteiger partial charge >= 0.3 is 6.09 Å². The first-order valence-corrected chi connectivity index (χ1v) is 14.8. The number of piperazine rings is 1. The van der Waals surface area contributed by atoms with Crippen molar-refractivity contribution in [3.8, 4) is 0 Å². The molecule has 0 aliphatic carbocycles. The van der Waals surface area contributed by atoms with Crippen molar-refractivity contribution in [3.63, 3.8) is 0 Å². The zero-order valence-electron chi connectivity index (χ0n) is 21.4. The van der Waals surface area contributed by atoms with Crippen LogP contribution in [0.4, 0.5) is 4.79 Å². The van der Waals surface area contributed by atoms with Crippen molar-refractivity contribution in [2.45, 2.75) is 18.4 Å². The monoisotopic (exact) mass is 564 g/mol. The predicted molar refractivity (Wildman–Crippen MR) is 151 cm³/mol. The Morgan fingerprint density at radius 3 is 2.44 bits per heavy atom. The molecule has 39 heavy (non-hydrogen) atoms. The highest BCUT2D eigenvalue weighted by Gasteiger charge is 2.30. The number of amides is 2. The average Bonchev–Trinajstić information content (AvgIpc) is 3.30. The van der Waals surface area contributed by atoms with E-state index in [1.807, 2.05) is 41.0 Å². The third-order valence-electron chi connectivity index (χ3n) is 6.59. The molecule has 1 saturated heterocycles. The third kappa shape index (κ3) is 5.25. The van der Waals surface area contributed by atoms with Crippen molar-refractivity contribution < 1.29 is 22.7 Å². The van der Waals surface area contributed by atoms with Gasteiger partial charge in [-0.1, -0.05) is 47.7 Å². The van der Waals surface area contributed by atoms with E-state index in [0.717, 1.165) is 21.0 Å². The van der Waals surface area contributed by atoms with E-state index in [-0.39, 0.29) is 43.2 Å². The number of carbonyl (C=O) groups is 2. The molecule has 2 heterocycles. The molecular weight excluding hydrogens is 536 g/mol. The molecule has 0 N–H and O–H groups in total. The van der Waals surface area contributed by atoms with E-state index in [0.29, 0.717) is 11.3 Å². The molecule has 4 aromatic rings. The van der Waals surface area contributed by atoms with Crippen LogP contribution in [-0.2, 0) is 21.3 Å². The molecule has 11 heteroatoms. The fourth-order valence-electron chi connectivity index (χ4n) is 4.59. The molecule has 1 aliphatic heterocycles. The predicted octanol–water partition coefficient (Wildman–Crippen LogP) is 4.25. The zero-order valence-corrected chi connectivity index (χ0v) is 23.1. The number of ether oxygens (including phenoxy) is 1. The molecule has 202 valence electrons. The summed E-state index contributed by atoms with van der Waals surface area (Å²) < 4.78 is 35.6. The number of hydrogen-bond donors (Lipinski definition) is 0. The lowest BCUT2D eigenvalue weighted by Gasteiger charge is -2.33. The molecule has 0 unspecified atom stereocenters. The largest absolute Gasteiger partial charge is 0.450 e. The van der Waals surface area contributed by atoms with Crippen molar-refractivity contribution in [1.82, 2.24) is 13.8 Å². The number of hydrogen-bond acceptors (Lipinski definition) is 6. The number of allylic oxidation sites excluding steroid dienone is 1. The van der Waals surface area contributed by atoms with Gasteiger partial charge in [0, 0.05) is 43.7 Å². The summed E-state index contributed by atoms with van der Waals surface area (Å²) in [5.41, 5.74) is 1.25. The van der Waals surface area contributed by atoms with Crippen molar-refractivity contribution in [3.05, 3.63) is 83.7 Å². The van der Waals surface area contributed by atoms with Gasteiger partial charge in [-0.3, -0.25) is 4.79 Å². The summed E-state index contributed by atoms with van der Waals surface area (Å²) in [6.07, 6.45) is 1.32. The number of rotatable bonds is 6. The average molecular weight is 565 g/mol. The minimum atomic E-state index is -3.78. The molecule has 3 aromatic carbocycles. The Hall–Kier alpha value is -3.80. The molecule has 2 amide bonds. The molecule has 0 spiro atoms. The van der Waals surface area contributed by atoms with Crippen LogP contribution in [0, 0.1) is 0 Å². The van der Waals surface area contributed by atoms with E-state index in [1.54, 1.807) is 13.0 Å². The number of carbonyl (C=O) groups excluding carboxylic acids is 2. The summed E-state index contributed by atoms with van der Waals surface area (Å²) >= 11 is 1.44. The van der Waals surface area contributed by atoms with E-state index in [4.69, 9.17) is 4.74 Å². The van der Waals surface area contributed by atoms with Gasteiger partial charge in [-0.2, -0.15) is 9.30 Å². The second kappa shape index (κ2) is 11.1. The molecule has 0 atom stereocenters. The van der Waals surface area contributed by atoms with Crippen LogP contribution >= 0.6 is 11.3 Å². The van der Waals surface area contributed by atoms with Gasteiger partial charge in [0.05, 0.1) is 21.7 Å². The van der Waals surface area contributed by atoms with Gasteiger partial charge in [0.1, 0.15) is 0 Å². The number of thiazole rings is 1. The highest BCUT2D eigenvalue weighted by atomic mass is 32.2. The number of sulfonamides is 1. The maximum Gasteiger partial charge on any atom is 0.409 e. The lowest BCUT2D eigenvalue weighted by Crippen LogP contribution is -2.50. The van der Waals surface area contributed by atoms with Gasteiger partial charge in [-0.15, -0.1) is 6.58 Å².